The summed E-state index contributed by atoms with van der Waals surface area (Å²) in [5.41, 5.74) is 1.79. The first-order valence-electron chi connectivity index (χ1n) is 9.13. The molecule has 6 nitrogen and oxygen atoms in total. The van der Waals surface area contributed by atoms with Crippen LogP contribution in [0.4, 0.5) is 4.39 Å². The number of carboxylic acids is 1. The summed E-state index contributed by atoms with van der Waals surface area (Å²) < 4.78 is 24.2. The Morgan fingerprint density at radius 2 is 1.89 bits per heavy atom. The first-order chi connectivity index (χ1) is 13.5. The lowest BCUT2D eigenvalue weighted by molar-refractivity contribution is -0.149. The largest absolute Gasteiger partial charge is 0.493 e. The van der Waals surface area contributed by atoms with Gasteiger partial charge in [0.25, 0.3) is 0 Å². The van der Waals surface area contributed by atoms with E-state index in [1.807, 2.05) is 23.1 Å². The standard InChI is InChI=1S/C21H24FNO5/c1-27-19-7-4-15(11-23-9-8-18(24)17(12-23)21(25)26)10-20(19)28-13-14-2-5-16(22)6-3-14/h2-7,10,17-18,24H,8-9,11-13H2,1H3,(H,25,26)/t17-,18+/m0/s1. The molecule has 0 unspecified atom stereocenters. The van der Waals surface area contributed by atoms with Gasteiger partial charge in [0.1, 0.15) is 12.4 Å². The Bertz CT molecular complexity index is 811. The van der Waals surface area contributed by atoms with E-state index in [9.17, 15) is 19.4 Å². The molecular formula is C21H24FNO5. The monoisotopic (exact) mass is 389 g/mol. The maximum atomic E-state index is 13.0. The molecule has 0 radical (unpaired) electrons. The molecule has 0 amide bonds. The molecule has 0 saturated carbocycles. The molecule has 2 aromatic rings. The summed E-state index contributed by atoms with van der Waals surface area (Å²) >= 11 is 0. The van der Waals surface area contributed by atoms with Crippen LogP contribution in [-0.4, -0.2) is 47.4 Å². The highest BCUT2D eigenvalue weighted by Crippen LogP contribution is 2.30. The molecule has 2 N–H and O–H groups in total. The second-order valence-electron chi connectivity index (χ2n) is 6.94. The van der Waals surface area contributed by atoms with Crippen LogP contribution in [0.5, 0.6) is 11.5 Å². The van der Waals surface area contributed by atoms with E-state index in [2.05, 4.69) is 0 Å². The van der Waals surface area contributed by atoms with Gasteiger partial charge in [-0.15, -0.1) is 0 Å². The minimum atomic E-state index is -0.977. The third kappa shape index (κ3) is 4.99. The Morgan fingerprint density at radius 1 is 1.18 bits per heavy atom. The highest BCUT2D eigenvalue weighted by molar-refractivity contribution is 5.71. The number of rotatable bonds is 7. The number of carboxylic acid groups (broad SMARTS) is 1. The highest BCUT2D eigenvalue weighted by Gasteiger charge is 2.33. The smallest absolute Gasteiger partial charge is 0.310 e. The van der Waals surface area contributed by atoms with Crippen LogP contribution in [0.15, 0.2) is 42.5 Å². The van der Waals surface area contributed by atoms with Crippen LogP contribution in [0.3, 0.4) is 0 Å². The van der Waals surface area contributed by atoms with Crippen molar-refractivity contribution in [3.05, 3.63) is 59.4 Å². The van der Waals surface area contributed by atoms with Crippen molar-refractivity contribution in [1.29, 1.82) is 0 Å². The van der Waals surface area contributed by atoms with Gasteiger partial charge in [-0.05, 0) is 41.8 Å². The second kappa shape index (κ2) is 9.03. The quantitative estimate of drug-likeness (QED) is 0.758. The van der Waals surface area contributed by atoms with E-state index in [1.54, 1.807) is 19.2 Å². The third-order valence-electron chi connectivity index (χ3n) is 4.92. The number of aliphatic carboxylic acids is 1. The number of hydrogen-bond acceptors (Lipinski definition) is 5. The molecule has 3 rings (SSSR count). The number of hydrogen-bond donors (Lipinski definition) is 2. The van der Waals surface area contributed by atoms with Crippen molar-refractivity contribution in [2.24, 2.45) is 5.92 Å². The lowest BCUT2D eigenvalue weighted by atomic mass is 9.94. The summed E-state index contributed by atoms with van der Waals surface area (Å²) in [6, 6.07) is 11.7. The molecule has 0 aromatic heterocycles. The number of aliphatic hydroxyl groups is 1. The summed E-state index contributed by atoms with van der Waals surface area (Å²) in [6.45, 7) is 1.75. The lowest BCUT2D eigenvalue weighted by Crippen LogP contribution is -2.46. The van der Waals surface area contributed by atoms with E-state index in [0.29, 0.717) is 37.6 Å². The van der Waals surface area contributed by atoms with Crippen LogP contribution in [0.2, 0.25) is 0 Å². The zero-order chi connectivity index (χ0) is 20.1. The predicted molar refractivity (Wildman–Crippen MR) is 101 cm³/mol. The lowest BCUT2D eigenvalue weighted by Gasteiger charge is -2.34. The van der Waals surface area contributed by atoms with Crippen molar-refractivity contribution in [3.63, 3.8) is 0 Å². The fourth-order valence-corrected chi connectivity index (χ4v) is 3.33. The Labute approximate surface area is 163 Å². The minimum Gasteiger partial charge on any atom is -0.493 e. The van der Waals surface area contributed by atoms with Crippen molar-refractivity contribution in [1.82, 2.24) is 4.90 Å². The summed E-state index contributed by atoms with van der Waals surface area (Å²) in [5.74, 6) is -0.898. The van der Waals surface area contributed by atoms with Gasteiger partial charge in [-0.2, -0.15) is 0 Å². The Morgan fingerprint density at radius 3 is 2.57 bits per heavy atom. The topological polar surface area (TPSA) is 79.2 Å². The molecular weight excluding hydrogens is 365 g/mol. The Balaban J connectivity index is 1.68. The zero-order valence-corrected chi connectivity index (χ0v) is 15.7. The second-order valence-corrected chi connectivity index (χ2v) is 6.94. The maximum absolute atomic E-state index is 13.0. The van der Waals surface area contributed by atoms with E-state index in [1.165, 1.54) is 12.1 Å². The van der Waals surface area contributed by atoms with Gasteiger partial charge in [-0.1, -0.05) is 18.2 Å². The SMILES string of the molecule is COc1ccc(CN2CC[C@@H](O)[C@@H](C(=O)O)C2)cc1OCc1ccc(F)cc1. The van der Waals surface area contributed by atoms with Gasteiger partial charge in [0.05, 0.1) is 19.1 Å². The van der Waals surface area contributed by atoms with Crippen LogP contribution in [0.1, 0.15) is 17.5 Å². The normalized spacial score (nSPS) is 20.0. The van der Waals surface area contributed by atoms with Gasteiger partial charge in [-0.25, -0.2) is 4.39 Å². The van der Waals surface area contributed by atoms with Crippen LogP contribution >= 0.6 is 0 Å². The maximum Gasteiger partial charge on any atom is 0.310 e. The van der Waals surface area contributed by atoms with Crippen molar-refractivity contribution < 1.29 is 28.9 Å². The number of methoxy groups -OCH3 is 1. The molecule has 2 aromatic carbocycles. The molecule has 1 heterocycles. The van der Waals surface area contributed by atoms with Gasteiger partial charge in [0.2, 0.25) is 0 Å². The molecule has 1 aliphatic heterocycles. The van der Waals surface area contributed by atoms with Gasteiger partial charge >= 0.3 is 5.97 Å². The van der Waals surface area contributed by atoms with Crippen LogP contribution in [-0.2, 0) is 17.9 Å². The average molecular weight is 389 g/mol. The number of nitrogens with zero attached hydrogens (tertiary/aromatic N) is 1. The van der Waals surface area contributed by atoms with Gasteiger partial charge in [0.15, 0.2) is 11.5 Å². The van der Waals surface area contributed by atoms with Crippen molar-refractivity contribution in [3.8, 4) is 11.5 Å². The summed E-state index contributed by atoms with van der Waals surface area (Å²) in [4.78, 5) is 13.3. The van der Waals surface area contributed by atoms with Crippen LogP contribution in [0, 0.1) is 11.7 Å². The molecule has 2 atom stereocenters. The van der Waals surface area contributed by atoms with Crippen molar-refractivity contribution in [2.45, 2.75) is 25.7 Å². The van der Waals surface area contributed by atoms with E-state index < -0.39 is 18.0 Å². The number of ether oxygens (including phenoxy) is 2. The van der Waals surface area contributed by atoms with Crippen molar-refractivity contribution in [2.75, 3.05) is 20.2 Å². The molecule has 0 aliphatic carbocycles. The number of benzene rings is 2. The molecule has 1 fully saturated rings. The fourth-order valence-electron chi connectivity index (χ4n) is 3.33. The Hall–Kier alpha value is -2.64. The number of halogens is 1. The summed E-state index contributed by atoms with van der Waals surface area (Å²) in [7, 11) is 1.56. The summed E-state index contributed by atoms with van der Waals surface area (Å²) in [6.07, 6.45) is -0.375. The zero-order valence-electron chi connectivity index (χ0n) is 15.7. The van der Waals surface area contributed by atoms with Gasteiger partial charge < -0.3 is 19.7 Å². The molecule has 1 aliphatic rings. The molecule has 1 saturated heterocycles. The van der Waals surface area contributed by atoms with E-state index in [4.69, 9.17) is 9.47 Å². The minimum absolute atomic E-state index is 0.275. The number of aliphatic hydroxyl groups excluding tert-OH is 1. The Kier molecular flexibility index (Phi) is 6.49. The molecule has 0 bridgehead atoms. The first kappa shape index (κ1) is 20.1. The third-order valence-corrected chi connectivity index (χ3v) is 4.92. The van der Waals surface area contributed by atoms with Crippen molar-refractivity contribution >= 4 is 5.97 Å². The van der Waals surface area contributed by atoms with E-state index >= 15 is 0 Å². The van der Waals surface area contributed by atoms with Crippen LogP contribution < -0.4 is 9.47 Å². The number of carbonyl (C=O) groups is 1. The first-order valence-corrected chi connectivity index (χ1v) is 9.13. The highest BCUT2D eigenvalue weighted by atomic mass is 19.1. The average Bonchev–Trinajstić information content (AvgIpc) is 2.69. The molecule has 150 valence electrons. The number of piperidine rings is 1. The van der Waals surface area contributed by atoms with E-state index in [0.717, 1.165) is 11.1 Å². The number of likely N-dealkylation sites (tertiary alicyclic amines) is 1. The fraction of sp³-hybridized carbons (Fsp3) is 0.381. The molecule has 0 spiro atoms. The van der Waals surface area contributed by atoms with Gasteiger partial charge in [-0.3, -0.25) is 9.69 Å². The predicted octanol–water partition coefficient (Wildman–Crippen LogP) is 2.68. The van der Waals surface area contributed by atoms with E-state index in [-0.39, 0.29) is 12.4 Å². The van der Waals surface area contributed by atoms with Gasteiger partial charge in [0, 0.05) is 19.6 Å². The molecule has 7 heteroatoms. The molecule has 28 heavy (non-hydrogen) atoms. The van der Waals surface area contributed by atoms with Crippen LogP contribution in [0.25, 0.3) is 0 Å². The summed E-state index contributed by atoms with van der Waals surface area (Å²) in [5, 5.41) is 19.1.